The van der Waals surface area contributed by atoms with Crippen molar-refractivity contribution in [1.29, 1.82) is 0 Å². The number of fused-ring (bicyclic) bond motifs is 7. The molecule has 248 valence electrons. The largest absolute Gasteiger partial charge is 0.464 e. The van der Waals surface area contributed by atoms with E-state index in [9.17, 15) is 14.4 Å². The summed E-state index contributed by atoms with van der Waals surface area (Å²) in [6.45, 7) is 25.2. The van der Waals surface area contributed by atoms with E-state index in [2.05, 4.69) is 73.3 Å². The maximum absolute atomic E-state index is 14.6. The minimum atomic E-state index is -0.532. The molecule has 0 radical (unpaired) electrons. The van der Waals surface area contributed by atoms with Gasteiger partial charge in [-0.15, -0.1) is 0 Å². The number of allylic oxidation sites excluding steroid dienone is 2. The van der Waals surface area contributed by atoms with Crippen LogP contribution in [0.15, 0.2) is 11.6 Å². The van der Waals surface area contributed by atoms with Crippen LogP contribution in [0.5, 0.6) is 0 Å². The number of ether oxygens (including phenoxy) is 2. The van der Waals surface area contributed by atoms with Crippen molar-refractivity contribution < 1.29 is 23.9 Å². The maximum atomic E-state index is 14.6. The molecule has 4 saturated carbocycles. The van der Waals surface area contributed by atoms with Gasteiger partial charge in [0.05, 0.1) is 5.41 Å². The highest BCUT2D eigenvalue weighted by Crippen LogP contribution is 2.75. The lowest BCUT2D eigenvalue weighted by Gasteiger charge is -2.70. The van der Waals surface area contributed by atoms with E-state index in [1.807, 2.05) is 0 Å². The standard InChI is InChI=1S/C38H61NO5/c1-11-39(12-2)21-22-43-32(42)35(7)18-17-34(6)19-20-37(9)26(27(34)24-35)23-28(41)31-36(8)15-14-30(44-25(3)40)33(4,5)29(36)13-16-38(31,37)10/h23,27,29-31H,11-22,24H2,1-10H3/t27-,29-,30-,31-,34+,35+,36-,37+,38-/m0/s1. The van der Waals surface area contributed by atoms with Crippen LogP contribution in [0.1, 0.15) is 127 Å². The third-order valence-electron chi connectivity index (χ3n) is 14.8. The smallest absolute Gasteiger partial charge is 0.311 e. The van der Waals surface area contributed by atoms with Gasteiger partial charge < -0.3 is 14.4 Å². The van der Waals surface area contributed by atoms with E-state index in [0.717, 1.165) is 77.4 Å². The summed E-state index contributed by atoms with van der Waals surface area (Å²) in [5.74, 6) is 0.492. The zero-order chi connectivity index (χ0) is 32.5. The first-order valence-electron chi connectivity index (χ1n) is 17.7. The molecule has 4 fully saturated rings. The Balaban J connectivity index is 1.45. The van der Waals surface area contributed by atoms with Crippen LogP contribution in [0.2, 0.25) is 0 Å². The summed E-state index contributed by atoms with van der Waals surface area (Å²) >= 11 is 0. The highest BCUT2D eigenvalue weighted by molar-refractivity contribution is 5.95. The van der Waals surface area contributed by atoms with Crippen molar-refractivity contribution in [2.24, 2.45) is 50.2 Å². The Kier molecular flexibility index (Phi) is 8.59. The summed E-state index contributed by atoms with van der Waals surface area (Å²) in [6.07, 6.45) is 10.6. The molecule has 9 atom stereocenters. The summed E-state index contributed by atoms with van der Waals surface area (Å²) in [6, 6.07) is 0. The second kappa shape index (κ2) is 11.2. The van der Waals surface area contributed by atoms with Gasteiger partial charge in [-0.05, 0) is 117 Å². The highest BCUT2D eigenvalue weighted by atomic mass is 16.5. The van der Waals surface area contributed by atoms with Gasteiger partial charge in [-0.25, -0.2) is 0 Å². The van der Waals surface area contributed by atoms with E-state index in [-0.39, 0.29) is 57.0 Å². The van der Waals surface area contributed by atoms with E-state index in [4.69, 9.17) is 9.47 Å². The molecule has 44 heavy (non-hydrogen) atoms. The average molecular weight is 612 g/mol. The number of esters is 2. The molecule has 5 rings (SSSR count). The molecule has 0 amide bonds. The molecule has 0 aliphatic heterocycles. The topological polar surface area (TPSA) is 72.9 Å². The molecular weight excluding hydrogens is 550 g/mol. The molecule has 0 saturated heterocycles. The van der Waals surface area contributed by atoms with Crippen LogP contribution < -0.4 is 0 Å². The van der Waals surface area contributed by atoms with Gasteiger partial charge in [-0.1, -0.05) is 61.0 Å². The lowest BCUT2D eigenvalue weighted by atomic mass is 9.33. The molecule has 6 nitrogen and oxygen atoms in total. The predicted octanol–water partition coefficient (Wildman–Crippen LogP) is 7.78. The van der Waals surface area contributed by atoms with Crippen molar-refractivity contribution in [3.63, 3.8) is 0 Å². The fourth-order valence-corrected chi connectivity index (χ4v) is 11.7. The fourth-order valence-electron chi connectivity index (χ4n) is 11.7. The number of nitrogens with zero attached hydrogens (tertiary/aromatic N) is 1. The minimum Gasteiger partial charge on any atom is -0.464 e. The molecule has 0 aromatic rings. The molecule has 0 heterocycles. The third-order valence-corrected chi connectivity index (χ3v) is 14.8. The SMILES string of the molecule is CCN(CC)CCOC(=O)[C@]1(C)CC[C@]2(C)CC[C@]3(C)C(=CC(=O)[C@H]4[C@@]5(C)CC[C@H](OC(C)=O)C(C)(C)[C@@H]5CC[C@@]43C)[C@@H]2C1. The predicted molar refractivity (Wildman–Crippen MR) is 174 cm³/mol. The van der Waals surface area contributed by atoms with Crippen LogP contribution in [0.25, 0.3) is 0 Å². The van der Waals surface area contributed by atoms with Crippen molar-refractivity contribution in [3.8, 4) is 0 Å². The van der Waals surface area contributed by atoms with Crippen molar-refractivity contribution >= 4 is 17.7 Å². The number of carbonyl (C=O) groups excluding carboxylic acids is 3. The number of carbonyl (C=O) groups is 3. The normalized spacial score (nSPS) is 44.4. The van der Waals surface area contributed by atoms with E-state index >= 15 is 0 Å². The van der Waals surface area contributed by atoms with Crippen molar-refractivity contribution in [1.82, 2.24) is 4.90 Å². The molecule has 0 aromatic carbocycles. The quantitative estimate of drug-likeness (QED) is 0.274. The maximum Gasteiger partial charge on any atom is 0.311 e. The zero-order valence-electron chi connectivity index (χ0n) is 29.6. The summed E-state index contributed by atoms with van der Waals surface area (Å²) < 4.78 is 11.8. The summed E-state index contributed by atoms with van der Waals surface area (Å²) in [5.41, 5.74) is 0.317. The summed E-state index contributed by atoms with van der Waals surface area (Å²) in [7, 11) is 0. The number of ketones is 1. The molecule has 0 aromatic heterocycles. The van der Waals surface area contributed by atoms with E-state index in [0.29, 0.717) is 18.3 Å². The van der Waals surface area contributed by atoms with Crippen LogP contribution in [0.3, 0.4) is 0 Å². The van der Waals surface area contributed by atoms with Gasteiger partial charge >= 0.3 is 11.9 Å². The summed E-state index contributed by atoms with van der Waals surface area (Å²) in [4.78, 5) is 42.6. The highest BCUT2D eigenvalue weighted by Gasteiger charge is 2.70. The van der Waals surface area contributed by atoms with Crippen LogP contribution in [0, 0.1) is 50.2 Å². The van der Waals surface area contributed by atoms with Gasteiger partial charge in [0.1, 0.15) is 12.7 Å². The van der Waals surface area contributed by atoms with Crippen LogP contribution in [-0.4, -0.2) is 55.0 Å². The van der Waals surface area contributed by atoms with Gasteiger partial charge in [0.2, 0.25) is 0 Å². The van der Waals surface area contributed by atoms with Gasteiger partial charge in [-0.3, -0.25) is 14.4 Å². The van der Waals surface area contributed by atoms with Crippen molar-refractivity contribution in [2.45, 2.75) is 133 Å². The first kappa shape index (κ1) is 33.7. The van der Waals surface area contributed by atoms with Gasteiger partial charge in [0.25, 0.3) is 0 Å². The lowest BCUT2D eigenvalue weighted by molar-refractivity contribution is -0.210. The average Bonchev–Trinajstić information content (AvgIpc) is 2.94. The molecule has 5 aliphatic carbocycles. The molecule has 6 heteroatoms. The molecule has 0 unspecified atom stereocenters. The monoisotopic (exact) mass is 611 g/mol. The van der Waals surface area contributed by atoms with Crippen LogP contribution >= 0.6 is 0 Å². The van der Waals surface area contributed by atoms with Gasteiger partial charge in [0, 0.05) is 24.8 Å². The van der Waals surface area contributed by atoms with E-state index < -0.39 is 5.41 Å². The van der Waals surface area contributed by atoms with Crippen molar-refractivity contribution in [2.75, 3.05) is 26.2 Å². The Hall–Kier alpha value is -1.69. The fraction of sp³-hybridized carbons (Fsp3) is 0.868. The Morgan fingerprint density at radius 2 is 1.57 bits per heavy atom. The number of rotatable bonds is 7. The zero-order valence-corrected chi connectivity index (χ0v) is 29.6. The Labute approximate surface area is 267 Å². The summed E-state index contributed by atoms with van der Waals surface area (Å²) in [5, 5.41) is 0. The van der Waals surface area contributed by atoms with E-state index in [1.165, 1.54) is 12.5 Å². The first-order valence-corrected chi connectivity index (χ1v) is 17.7. The second-order valence-corrected chi connectivity index (χ2v) is 17.4. The number of hydrogen-bond acceptors (Lipinski definition) is 6. The molecule has 0 N–H and O–H groups in total. The molecule has 0 bridgehead atoms. The second-order valence-electron chi connectivity index (χ2n) is 17.4. The minimum absolute atomic E-state index is 0.0515. The Morgan fingerprint density at radius 3 is 2.20 bits per heavy atom. The lowest BCUT2D eigenvalue weighted by Crippen LogP contribution is -2.66. The molecular formula is C38H61NO5. The number of likely N-dealkylation sites (N-methyl/N-ethyl adjacent to an activating group) is 1. The van der Waals surface area contributed by atoms with Gasteiger partial charge in [0.15, 0.2) is 5.78 Å². The third kappa shape index (κ3) is 4.94. The molecule has 5 aliphatic rings. The molecule has 0 spiro atoms. The number of hydrogen-bond donors (Lipinski definition) is 0. The van der Waals surface area contributed by atoms with Crippen molar-refractivity contribution in [3.05, 3.63) is 11.6 Å². The van der Waals surface area contributed by atoms with Gasteiger partial charge in [-0.2, -0.15) is 0 Å². The van der Waals surface area contributed by atoms with Crippen LogP contribution in [0.4, 0.5) is 0 Å². The Morgan fingerprint density at radius 1 is 0.909 bits per heavy atom. The van der Waals surface area contributed by atoms with E-state index in [1.54, 1.807) is 0 Å². The van der Waals surface area contributed by atoms with Crippen LogP contribution in [-0.2, 0) is 23.9 Å². The Bertz CT molecular complexity index is 1200. The first-order chi connectivity index (χ1) is 20.4.